The van der Waals surface area contributed by atoms with Crippen LogP contribution in [-0.4, -0.2) is 25.2 Å². The molecule has 2 aromatic carbocycles. The summed E-state index contributed by atoms with van der Waals surface area (Å²) in [6, 6.07) is 16.8. The van der Waals surface area contributed by atoms with E-state index in [0.29, 0.717) is 53.7 Å². The number of benzene rings is 2. The van der Waals surface area contributed by atoms with Gasteiger partial charge in [-0.25, -0.2) is 4.98 Å². The number of rotatable bonds is 10. The summed E-state index contributed by atoms with van der Waals surface area (Å²) in [5.74, 6) is 1.72. The van der Waals surface area contributed by atoms with Crippen molar-refractivity contribution in [2.75, 3.05) is 20.3 Å². The van der Waals surface area contributed by atoms with Gasteiger partial charge in [0, 0.05) is 30.4 Å². The molecule has 1 N–H and O–H groups in total. The third kappa shape index (κ3) is 6.53. The van der Waals surface area contributed by atoms with Crippen molar-refractivity contribution in [3.05, 3.63) is 82.0 Å². The normalized spacial score (nSPS) is 10.6. The minimum absolute atomic E-state index is 0.371. The maximum Gasteiger partial charge on any atom is 0.213 e. The van der Waals surface area contributed by atoms with Gasteiger partial charge in [0.1, 0.15) is 13.2 Å². The van der Waals surface area contributed by atoms with Gasteiger partial charge in [-0.1, -0.05) is 41.4 Å². The summed E-state index contributed by atoms with van der Waals surface area (Å²) >= 11 is 12.4. The van der Waals surface area contributed by atoms with Crippen LogP contribution in [0.25, 0.3) is 0 Å². The molecule has 1 heterocycles. The molecule has 3 rings (SSSR count). The summed E-state index contributed by atoms with van der Waals surface area (Å²) in [6.45, 7) is 2.18. The van der Waals surface area contributed by atoms with Crippen LogP contribution in [0, 0.1) is 0 Å². The van der Waals surface area contributed by atoms with Crippen LogP contribution in [-0.2, 0) is 13.2 Å². The van der Waals surface area contributed by atoms with E-state index >= 15 is 0 Å². The average molecular weight is 433 g/mol. The lowest BCUT2D eigenvalue weighted by Crippen LogP contribution is -2.20. The van der Waals surface area contributed by atoms with E-state index in [1.807, 2.05) is 54.6 Å². The van der Waals surface area contributed by atoms with Crippen molar-refractivity contribution >= 4 is 23.2 Å². The van der Waals surface area contributed by atoms with E-state index in [9.17, 15) is 0 Å². The summed E-state index contributed by atoms with van der Waals surface area (Å²) in [5, 5.41) is 4.50. The lowest BCUT2D eigenvalue weighted by atomic mass is 10.2. The fraction of sp³-hybridized carbons (Fsp3) is 0.227. The number of pyridine rings is 1. The number of nitrogens with one attached hydrogen (secondary N) is 1. The van der Waals surface area contributed by atoms with Gasteiger partial charge < -0.3 is 19.5 Å². The highest BCUT2D eigenvalue weighted by atomic mass is 35.5. The highest BCUT2D eigenvalue weighted by Gasteiger charge is 2.12. The molecule has 3 aromatic rings. The predicted octanol–water partition coefficient (Wildman–Crippen LogP) is 5.14. The third-order valence-electron chi connectivity index (χ3n) is 4.08. The smallest absolute Gasteiger partial charge is 0.213 e. The number of ether oxygens (including phenoxy) is 3. The van der Waals surface area contributed by atoms with Gasteiger partial charge in [0.2, 0.25) is 5.88 Å². The second kappa shape index (κ2) is 10.9. The molecule has 0 saturated carbocycles. The molecule has 0 saturated heterocycles. The molecule has 1 aromatic heterocycles. The standard InChI is InChI=1S/C22H22Cl2N2O3/c1-27-20-13-17(14-25-10-11-28-21-4-2-3-9-26-21)12-19(24)22(20)29-15-16-5-7-18(23)8-6-16/h2-9,12-13,25H,10-11,14-15H2,1H3. The van der Waals surface area contributed by atoms with Crippen LogP contribution in [0.1, 0.15) is 11.1 Å². The van der Waals surface area contributed by atoms with Gasteiger partial charge in [-0.2, -0.15) is 0 Å². The zero-order valence-corrected chi connectivity index (χ0v) is 17.5. The molecule has 0 radical (unpaired) electrons. The minimum Gasteiger partial charge on any atom is -0.493 e. The topological polar surface area (TPSA) is 52.6 Å². The van der Waals surface area contributed by atoms with E-state index in [2.05, 4.69) is 10.3 Å². The lowest BCUT2D eigenvalue weighted by molar-refractivity contribution is 0.284. The van der Waals surface area contributed by atoms with Gasteiger partial charge in [0.15, 0.2) is 11.5 Å². The van der Waals surface area contributed by atoms with Crippen LogP contribution in [0.2, 0.25) is 10.0 Å². The molecule has 0 aliphatic rings. The Balaban J connectivity index is 1.52. The molecule has 7 heteroatoms. The first kappa shape index (κ1) is 21.2. The molecule has 0 atom stereocenters. The largest absolute Gasteiger partial charge is 0.493 e. The van der Waals surface area contributed by atoms with Crippen LogP contribution in [0.5, 0.6) is 17.4 Å². The summed E-state index contributed by atoms with van der Waals surface area (Å²) in [6.07, 6.45) is 1.70. The van der Waals surface area contributed by atoms with Crippen molar-refractivity contribution in [3.63, 3.8) is 0 Å². The number of hydrogen-bond donors (Lipinski definition) is 1. The Bertz CT molecular complexity index is 906. The van der Waals surface area contributed by atoms with Gasteiger partial charge in [0.05, 0.1) is 12.1 Å². The van der Waals surface area contributed by atoms with E-state index in [1.165, 1.54) is 0 Å². The highest BCUT2D eigenvalue weighted by molar-refractivity contribution is 6.32. The first-order chi connectivity index (χ1) is 14.2. The second-order valence-electron chi connectivity index (χ2n) is 6.22. The van der Waals surface area contributed by atoms with Crippen LogP contribution < -0.4 is 19.5 Å². The Labute approximate surface area is 180 Å². The van der Waals surface area contributed by atoms with Crippen molar-refractivity contribution in [1.82, 2.24) is 10.3 Å². The van der Waals surface area contributed by atoms with Crippen molar-refractivity contribution < 1.29 is 14.2 Å². The van der Waals surface area contributed by atoms with Crippen LogP contribution in [0.15, 0.2) is 60.8 Å². The van der Waals surface area contributed by atoms with E-state index < -0.39 is 0 Å². The molecule has 0 amide bonds. The average Bonchev–Trinajstić information content (AvgIpc) is 2.74. The Kier molecular flexibility index (Phi) is 7.99. The molecular weight excluding hydrogens is 411 g/mol. The minimum atomic E-state index is 0.371. The molecular formula is C22H22Cl2N2O3. The fourth-order valence-corrected chi connectivity index (χ4v) is 3.06. The quantitative estimate of drug-likeness (QED) is 0.449. The van der Waals surface area contributed by atoms with Gasteiger partial charge in [-0.15, -0.1) is 0 Å². The highest BCUT2D eigenvalue weighted by Crippen LogP contribution is 2.37. The molecule has 0 unspecified atom stereocenters. The monoisotopic (exact) mass is 432 g/mol. The zero-order chi connectivity index (χ0) is 20.5. The number of hydrogen-bond acceptors (Lipinski definition) is 5. The summed E-state index contributed by atoms with van der Waals surface area (Å²) in [5.41, 5.74) is 1.98. The van der Waals surface area contributed by atoms with Gasteiger partial charge in [0.25, 0.3) is 0 Å². The molecule has 5 nitrogen and oxygen atoms in total. The number of nitrogens with zero attached hydrogens (tertiary/aromatic N) is 1. The molecule has 0 aliphatic carbocycles. The number of aromatic nitrogens is 1. The Morgan fingerprint density at radius 2 is 1.79 bits per heavy atom. The molecule has 152 valence electrons. The Morgan fingerprint density at radius 1 is 0.966 bits per heavy atom. The maximum atomic E-state index is 6.44. The van der Waals surface area contributed by atoms with Crippen molar-refractivity contribution in [3.8, 4) is 17.4 Å². The van der Waals surface area contributed by atoms with E-state index in [0.717, 1.165) is 11.1 Å². The number of methoxy groups -OCH3 is 1. The number of halogens is 2. The van der Waals surface area contributed by atoms with Gasteiger partial charge >= 0.3 is 0 Å². The zero-order valence-electron chi connectivity index (χ0n) is 16.0. The van der Waals surface area contributed by atoms with E-state index in [-0.39, 0.29) is 0 Å². The first-order valence-electron chi connectivity index (χ1n) is 9.14. The van der Waals surface area contributed by atoms with Crippen LogP contribution in [0.4, 0.5) is 0 Å². The third-order valence-corrected chi connectivity index (χ3v) is 4.61. The van der Waals surface area contributed by atoms with Crippen molar-refractivity contribution in [2.45, 2.75) is 13.2 Å². The first-order valence-corrected chi connectivity index (χ1v) is 9.89. The van der Waals surface area contributed by atoms with E-state index in [4.69, 9.17) is 37.4 Å². The van der Waals surface area contributed by atoms with Gasteiger partial charge in [-0.05, 0) is 41.5 Å². The maximum absolute atomic E-state index is 6.44. The second-order valence-corrected chi connectivity index (χ2v) is 7.06. The molecule has 0 spiro atoms. The Hall–Kier alpha value is -2.47. The fourth-order valence-electron chi connectivity index (χ4n) is 2.64. The molecule has 0 fully saturated rings. The summed E-state index contributed by atoms with van der Waals surface area (Å²) < 4.78 is 16.9. The van der Waals surface area contributed by atoms with Gasteiger partial charge in [-0.3, -0.25) is 0 Å². The van der Waals surface area contributed by atoms with Crippen molar-refractivity contribution in [2.24, 2.45) is 0 Å². The molecule has 0 bridgehead atoms. The SMILES string of the molecule is COc1cc(CNCCOc2ccccn2)cc(Cl)c1OCc1ccc(Cl)cc1. The van der Waals surface area contributed by atoms with Crippen LogP contribution in [0.3, 0.4) is 0 Å². The lowest BCUT2D eigenvalue weighted by Gasteiger charge is -2.15. The molecule has 29 heavy (non-hydrogen) atoms. The van der Waals surface area contributed by atoms with E-state index in [1.54, 1.807) is 13.3 Å². The summed E-state index contributed by atoms with van der Waals surface area (Å²) in [4.78, 5) is 4.12. The molecule has 0 aliphatic heterocycles. The Morgan fingerprint density at radius 3 is 2.52 bits per heavy atom. The predicted molar refractivity (Wildman–Crippen MR) is 115 cm³/mol. The summed E-state index contributed by atoms with van der Waals surface area (Å²) in [7, 11) is 1.60. The van der Waals surface area contributed by atoms with Crippen molar-refractivity contribution in [1.29, 1.82) is 0 Å². The van der Waals surface area contributed by atoms with Crippen LogP contribution >= 0.6 is 23.2 Å².